The Morgan fingerprint density at radius 2 is 2.24 bits per heavy atom. The highest BCUT2D eigenvalue weighted by molar-refractivity contribution is 7.80. The molecule has 1 aromatic rings. The molecule has 112 valence electrons. The topological polar surface area (TPSA) is 53.6 Å². The van der Waals surface area contributed by atoms with Gasteiger partial charge in [-0.15, -0.1) is 0 Å². The quantitative estimate of drug-likeness (QED) is 0.831. The van der Waals surface area contributed by atoms with Gasteiger partial charge >= 0.3 is 6.09 Å². The first-order valence-electron chi connectivity index (χ1n) is 7.23. The van der Waals surface area contributed by atoms with Crippen LogP contribution in [-0.2, 0) is 17.6 Å². The zero-order valence-electron chi connectivity index (χ0n) is 12.0. The molecule has 1 fully saturated rings. The number of thiocarbonyl (C=S) groups is 1. The highest BCUT2D eigenvalue weighted by atomic mass is 32.1. The molecule has 0 bridgehead atoms. The lowest BCUT2D eigenvalue weighted by atomic mass is 10.1. The first kappa shape index (κ1) is 14.1. The minimum atomic E-state index is -0.282. The fourth-order valence-electron chi connectivity index (χ4n) is 2.86. The van der Waals surface area contributed by atoms with Crippen LogP contribution in [0.2, 0.25) is 0 Å². The van der Waals surface area contributed by atoms with Gasteiger partial charge < -0.3 is 15.4 Å². The summed E-state index contributed by atoms with van der Waals surface area (Å²) in [7, 11) is 1.76. The summed E-state index contributed by atoms with van der Waals surface area (Å²) >= 11 is 5.02. The Morgan fingerprint density at radius 3 is 3.05 bits per heavy atom. The van der Waals surface area contributed by atoms with Gasteiger partial charge in [-0.1, -0.05) is 6.07 Å². The summed E-state index contributed by atoms with van der Waals surface area (Å²) in [6.45, 7) is 1.07. The predicted octanol–water partition coefficient (Wildman–Crippen LogP) is 1.59. The monoisotopic (exact) mass is 305 g/mol. The van der Waals surface area contributed by atoms with E-state index in [0.29, 0.717) is 18.2 Å². The average Bonchev–Trinajstić information content (AvgIpc) is 3.10. The number of hydrogen-bond donors (Lipinski definition) is 2. The van der Waals surface area contributed by atoms with Gasteiger partial charge in [0, 0.05) is 12.7 Å². The molecule has 1 saturated heterocycles. The molecule has 1 aliphatic heterocycles. The van der Waals surface area contributed by atoms with Gasteiger partial charge in [-0.2, -0.15) is 0 Å². The van der Waals surface area contributed by atoms with Crippen molar-refractivity contribution in [2.75, 3.05) is 25.0 Å². The van der Waals surface area contributed by atoms with Crippen LogP contribution in [0.4, 0.5) is 10.5 Å². The van der Waals surface area contributed by atoms with Gasteiger partial charge in [0.1, 0.15) is 6.10 Å². The molecule has 6 heteroatoms. The molecule has 0 saturated carbocycles. The van der Waals surface area contributed by atoms with E-state index in [-0.39, 0.29) is 12.2 Å². The van der Waals surface area contributed by atoms with Crippen LogP contribution in [0.25, 0.3) is 0 Å². The maximum atomic E-state index is 12.0. The van der Waals surface area contributed by atoms with E-state index >= 15 is 0 Å². The van der Waals surface area contributed by atoms with Crippen molar-refractivity contribution in [2.45, 2.75) is 25.4 Å². The van der Waals surface area contributed by atoms with Crippen LogP contribution in [0.3, 0.4) is 0 Å². The molecule has 21 heavy (non-hydrogen) atoms. The van der Waals surface area contributed by atoms with Gasteiger partial charge in [-0.3, -0.25) is 4.90 Å². The number of ether oxygens (including phenoxy) is 1. The van der Waals surface area contributed by atoms with E-state index in [1.807, 2.05) is 6.07 Å². The SMILES string of the molecule is CNC(=S)NC[C@H]1CN(c2ccc3c(c2)CCC3)C(=O)O1. The van der Waals surface area contributed by atoms with Crippen molar-refractivity contribution in [1.29, 1.82) is 0 Å². The van der Waals surface area contributed by atoms with Crippen LogP contribution < -0.4 is 15.5 Å². The van der Waals surface area contributed by atoms with Gasteiger partial charge in [0.15, 0.2) is 5.11 Å². The van der Waals surface area contributed by atoms with Crippen molar-refractivity contribution in [3.05, 3.63) is 29.3 Å². The lowest BCUT2D eigenvalue weighted by Crippen LogP contribution is -2.39. The summed E-state index contributed by atoms with van der Waals surface area (Å²) in [5, 5.41) is 6.42. The fraction of sp³-hybridized carbons (Fsp3) is 0.467. The summed E-state index contributed by atoms with van der Waals surface area (Å²) in [6, 6.07) is 6.27. The number of anilines is 1. The van der Waals surface area contributed by atoms with E-state index in [2.05, 4.69) is 22.8 Å². The normalized spacial score (nSPS) is 20.1. The molecule has 1 aromatic carbocycles. The number of benzene rings is 1. The van der Waals surface area contributed by atoms with E-state index in [0.717, 1.165) is 18.5 Å². The third-order valence-corrected chi connectivity index (χ3v) is 4.33. The Hall–Kier alpha value is -1.82. The summed E-state index contributed by atoms with van der Waals surface area (Å²) in [6.07, 6.45) is 2.99. The lowest BCUT2D eigenvalue weighted by molar-refractivity contribution is 0.143. The molecule has 0 radical (unpaired) electrons. The summed E-state index contributed by atoms with van der Waals surface area (Å²) in [5.41, 5.74) is 3.70. The Bertz CT molecular complexity index is 576. The number of fused-ring (bicyclic) bond motifs is 1. The van der Waals surface area contributed by atoms with Crippen LogP contribution in [0.5, 0.6) is 0 Å². The molecule has 5 nitrogen and oxygen atoms in total. The minimum Gasteiger partial charge on any atom is -0.442 e. The van der Waals surface area contributed by atoms with Crippen molar-refractivity contribution in [3.8, 4) is 0 Å². The van der Waals surface area contributed by atoms with E-state index < -0.39 is 0 Å². The van der Waals surface area contributed by atoms with Crippen molar-refractivity contribution < 1.29 is 9.53 Å². The molecule has 1 amide bonds. The van der Waals surface area contributed by atoms with Crippen LogP contribution in [0.15, 0.2) is 18.2 Å². The number of nitrogens with one attached hydrogen (secondary N) is 2. The highest BCUT2D eigenvalue weighted by Crippen LogP contribution is 2.29. The van der Waals surface area contributed by atoms with Gasteiger partial charge in [0.05, 0.1) is 13.1 Å². The molecule has 0 spiro atoms. The second-order valence-electron chi connectivity index (χ2n) is 5.38. The predicted molar refractivity (Wildman–Crippen MR) is 85.7 cm³/mol. The number of nitrogens with zero attached hydrogens (tertiary/aromatic N) is 1. The first-order chi connectivity index (χ1) is 10.2. The van der Waals surface area contributed by atoms with Crippen LogP contribution in [-0.4, -0.2) is 37.4 Å². The molecule has 1 aliphatic carbocycles. The van der Waals surface area contributed by atoms with Crippen molar-refractivity contribution in [1.82, 2.24) is 10.6 Å². The minimum absolute atomic E-state index is 0.183. The third kappa shape index (κ3) is 2.95. The molecule has 1 atom stereocenters. The van der Waals surface area contributed by atoms with E-state index in [1.54, 1.807) is 11.9 Å². The van der Waals surface area contributed by atoms with E-state index in [9.17, 15) is 4.79 Å². The number of hydrogen-bond acceptors (Lipinski definition) is 3. The average molecular weight is 305 g/mol. The number of amides is 1. The number of aryl methyl sites for hydroxylation is 2. The van der Waals surface area contributed by atoms with E-state index in [4.69, 9.17) is 17.0 Å². The smallest absolute Gasteiger partial charge is 0.414 e. The maximum Gasteiger partial charge on any atom is 0.414 e. The Morgan fingerprint density at radius 1 is 1.43 bits per heavy atom. The van der Waals surface area contributed by atoms with Crippen LogP contribution >= 0.6 is 12.2 Å². The summed E-state index contributed by atoms with van der Waals surface area (Å²) < 4.78 is 5.38. The Labute approximate surface area is 129 Å². The third-order valence-electron chi connectivity index (χ3n) is 3.99. The molecular weight excluding hydrogens is 286 g/mol. The molecular formula is C15H19N3O2S. The molecule has 2 aliphatic rings. The van der Waals surface area contributed by atoms with Crippen molar-refractivity contribution in [3.63, 3.8) is 0 Å². The molecule has 2 N–H and O–H groups in total. The van der Waals surface area contributed by atoms with Crippen molar-refractivity contribution >= 4 is 29.1 Å². The van der Waals surface area contributed by atoms with Gasteiger partial charge in [0.25, 0.3) is 0 Å². The van der Waals surface area contributed by atoms with Gasteiger partial charge in [-0.05, 0) is 54.7 Å². The summed E-state index contributed by atoms with van der Waals surface area (Å²) in [4.78, 5) is 13.7. The van der Waals surface area contributed by atoms with Crippen molar-refractivity contribution in [2.24, 2.45) is 0 Å². The Kier molecular flexibility index (Phi) is 3.96. The van der Waals surface area contributed by atoms with E-state index in [1.165, 1.54) is 17.5 Å². The second-order valence-corrected chi connectivity index (χ2v) is 5.79. The highest BCUT2D eigenvalue weighted by Gasteiger charge is 2.32. The summed E-state index contributed by atoms with van der Waals surface area (Å²) in [5.74, 6) is 0. The number of carbonyl (C=O) groups excluding carboxylic acids is 1. The molecule has 1 heterocycles. The number of rotatable bonds is 3. The van der Waals surface area contributed by atoms with Gasteiger partial charge in [0.2, 0.25) is 0 Å². The van der Waals surface area contributed by atoms with Crippen LogP contribution in [0.1, 0.15) is 17.5 Å². The Balaban J connectivity index is 1.66. The largest absolute Gasteiger partial charge is 0.442 e. The lowest BCUT2D eigenvalue weighted by Gasteiger charge is -2.15. The zero-order chi connectivity index (χ0) is 14.8. The second kappa shape index (κ2) is 5.89. The first-order valence-corrected chi connectivity index (χ1v) is 7.63. The van der Waals surface area contributed by atoms with Crippen LogP contribution in [0, 0.1) is 0 Å². The molecule has 0 unspecified atom stereocenters. The number of carbonyl (C=O) groups is 1. The molecule has 3 rings (SSSR count). The number of cyclic esters (lactones) is 1. The molecule has 0 aromatic heterocycles. The zero-order valence-corrected chi connectivity index (χ0v) is 12.8. The fourth-order valence-corrected chi connectivity index (χ4v) is 2.94. The maximum absolute atomic E-state index is 12.0. The standard InChI is InChI=1S/C15H19N3O2S/c1-16-14(21)17-8-13-9-18(15(19)20-13)12-6-5-10-3-2-4-11(10)7-12/h5-7,13H,2-4,8-9H2,1H3,(H2,16,17,21)/t13-/m0/s1. The van der Waals surface area contributed by atoms with Gasteiger partial charge in [-0.25, -0.2) is 4.79 Å².